The number of likely N-dealkylation sites (tertiary alicyclic amines) is 1. The highest BCUT2D eigenvalue weighted by molar-refractivity contribution is 5.96. The highest BCUT2D eigenvalue weighted by atomic mass is 16.5. The predicted octanol–water partition coefficient (Wildman–Crippen LogP) is 4.04. The predicted molar refractivity (Wildman–Crippen MR) is 135 cm³/mol. The van der Waals surface area contributed by atoms with Gasteiger partial charge in [0.15, 0.2) is 11.5 Å². The van der Waals surface area contributed by atoms with E-state index in [9.17, 15) is 14.7 Å². The molecule has 1 saturated heterocycles. The molecule has 2 amide bonds. The van der Waals surface area contributed by atoms with Crippen molar-refractivity contribution in [3.63, 3.8) is 0 Å². The van der Waals surface area contributed by atoms with Gasteiger partial charge in [0.25, 0.3) is 0 Å². The Morgan fingerprint density at radius 3 is 2.29 bits per heavy atom. The van der Waals surface area contributed by atoms with Crippen LogP contribution in [-0.2, 0) is 28.2 Å². The minimum absolute atomic E-state index is 0.0123. The van der Waals surface area contributed by atoms with Crippen LogP contribution in [0.15, 0.2) is 36.4 Å². The van der Waals surface area contributed by atoms with E-state index in [-0.39, 0.29) is 23.8 Å². The normalized spacial score (nSPS) is 18.3. The van der Waals surface area contributed by atoms with Crippen molar-refractivity contribution in [1.82, 2.24) is 4.90 Å². The number of amides is 2. The molecule has 1 N–H and O–H groups in total. The number of methoxy groups -OCH3 is 1. The van der Waals surface area contributed by atoms with Crippen LogP contribution >= 0.6 is 0 Å². The Hall–Kier alpha value is -3.06. The first-order valence-corrected chi connectivity index (χ1v) is 12.4. The summed E-state index contributed by atoms with van der Waals surface area (Å²) < 4.78 is 11.4. The molecule has 2 heterocycles. The van der Waals surface area contributed by atoms with Crippen LogP contribution < -0.4 is 14.4 Å². The van der Waals surface area contributed by atoms with Gasteiger partial charge in [-0.25, -0.2) is 0 Å². The summed E-state index contributed by atoms with van der Waals surface area (Å²) in [6, 6.07) is 11.5. The van der Waals surface area contributed by atoms with Crippen LogP contribution in [0.5, 0.6) is 11.5 Å². The average molecular weight is 481 g/mol. The molecule has 4 rings (SSSR count). The zero-order chi connectivity index (χ0) is 25.3. The number of hydrogen-bond donors (Lipinski definition) is 1. The van der Waals surface area contributed by atoms with Crippen molar-refractivity contribution < 1.29 is 24.2 Å². The molecule has 7 nitrogen and oxygen atoms in total. The van der Waals surface area contributed by atoms with Crippen LogP contribution in [0.1, 0.15) is 57.2 Å². The molecule has 2 aliphatic heterocycles. The van der Waals surface area contributed by atoms with Gasteiger partial charge in [0.2, 0.25) is 11.8 Å². The summed E-state index contributed by atoms with van der Waals surface area (Å²) in [5, 5.41) is 11.4. The van der Waals surface area contributed by atoms with Gasteiger partial charge in [0, 0.05) is 25.7 Å². The Kier molecular flexibility index (Phi) is 7.08. The number of anilines is 1. The quantitative estimate of drug-likeness (QED) is 0.675. The Balaban J connectivity index is 1.52. The van der Waals surface area contributed by atoms with E-state index in [4.69, 9.17) is 9.47 Å². The van der Waals surface area contributed by atoms with Gasteiger partial charge in [0.05, 0.1) is 31.8 Å². The van der Waals surface area contributed by atoms with Crippen LogP contribution in [-0.4, -0.2) is 48.1 Å². The summed E-state index contributed by atoms with van der Waals surface area (Å²) in [5.41, 5.74) is 2.61. The third-order valence-electron chi connectivity index (χ3n) is 7.32. The molecule has 2 aromatic rings. The van der Waals surface area contributed by atoms with Crippen molar-refractivity contribution in [2.24, 2.45) is 5.92 Å². The number of nitrogens with zero attached hydrogens (tertiary/aromatic N) is 2. The van der Waals surface area contributed by atoms with Gasteiger partial charge in [-0.1, -0.05) is 12.1 Å². The van der Waals surface area contributed by atoms with Crippen LogP contribution in [0.2, 0.25) is 0 Å². The van der Waals surface area contributed by atoms with Gasteiger partial charge < -0.3 is 24.4 Å². The van der Waals surface area contributed by atoms with Crippen molar-refractivity contribution >= 4 is 17.5 Å². The van der Waals surface area contributed by atoms with Gasteiger partial charge in [0.1, 0.15) is 0 Å². The number of rotatable bonds is 6. The molecular weight excluding hydrogens is 444 g/mol. The Morgan fingerprint density at radius 2 is 1.71 bits per heavy atom. The van der Waals surface area contributed by atoms with E-state index in [0.29, 0.717) is 37.6 Å². The third-order valence-corrected chi connectivity index (χ3v) is 7.32. The number of aliphatic hydroxyl groups is 1. The molecule has 2 aromatic carbocycles. The van der Waals surface area contributed by atoms with E-state index >= 15 is 0 Å². The maximum Gasteiger partial charge on any atom is 0.231 e. The number of ether oxygens (including phenoxy) is 2. The average Bonchev–Trinajstić information content (AvgIpc) is 2.83. The van der Waals surface area contributed by atoms with Crippen molar-refractivity contribution in [2.45, 2.75) is 65.2 Å². The van der Waals surface area contributed by atoms with Gasteiger partial charge >= 0.3 is 0 Å². The topological polar surface area (TPSA) is 79.3 Å². The van der Waals surface area contributed by atoms with Crippen LogP contribution in [0.4, 0.5) is 5.69 Å². The van der Waals surface area contributed by atoms with Gasteiger partial charge in [-0.2, -0.15) is 0 Å². The van der Waals surface area contributed by atoms with Crippen molar-refractivity contribution in [2.75, 3.05) is 25.1 Å². The van der Waals surface area contributed by atoms with E-state index in [1.54, 1.807) is 18.9 Å². The maximum absolute atomic E-state index is 13.0. The van der Waals surface area contributed by atoms with Gasteiger partial charge in [-0.05, 0) is 80.5 Å². The molecule has 0 aliphatic carbocycles. The molecule has 35 heavy (non-hydrogen) atoms. The lowest BCUT2D eigenvalue weighted by Crippen LogP contribution is -2.43. The van der Waals surface area contributed by atoms with Crippen molar-refractivity contribution in [3.8, 4) is 11.5 Å². The molecule has 1 atom stereocenters. The molecule has 0 aromatic heterocycles. The molecule has 0 spiro atoms. The second kappa shape index (κ2) is 9.90. The van der Waals surface area contributed by atoms with Crippen molar-refractivity contribution in [3.05, 3.63) is 53.1 Å². The first-order chi connectivity index (χ1) is 16.6. The second-order valence-corrected chi connectivity index (χ2v) is 10.1. The summed E-state index contributed by atoms with van der Waals surface area (Å²) >= 11 is 0. The number of piperidine rings is 1. The van der Waals surface area contributed by atoms with E-state index in [1.807, 2.05) is 62.1 Å². The molecule has 7 heteroatoms. The standard InChI is InChI=1S/C28H36N2O5/c1-18(2)35-26-15-21-17-30(27(32)16-20(21)14-25(26)34-5)24-8-6-22(7-9-24)28(4,33)23-10-12-29(13-11-23)19(3)31/h6-9,14-15,18,23,33H,10-13,16-17H2,1-5H3. The van der Waals surface area contributed by atoms with Crippen LogP contribution in [0.25, 0.3) is 0 Å². The molecule has 0 saturated carbocycles. The molecule has 1 fully saturated rings. The monoisotopic (exact) mass is 480 g/mol. The summed E-state index contributed by atoms with van der Waals surface area (Å²) in [6.07, 6.45) is 1.83. The molecule has 188 valence electrons. The summed E-state index contributed by atoms with van der Waals surface area (Å²) in [6.45, 7) is 9.17. The lowest BCUT2D eigenvalue weighted by atomic mass is 9.77. The fraction of sp³-hybridized carbons (Fsp3) is 0.500. The highest BCUT2D eigenvalue weighted by Crippen LogP contribution is 2.38. The second-order valence-electron chi connectivity index (χ2n) is 10.1. The summed E-state index contributed by atoms with van der Waals surface area (Å²) in [7, 11) is 1.61. The lowest BCUT2D eigenvalue weighted by molar-refractivity contribution is -0.132. The maximum atomic E-state index is 13.0. The molecule has 2 aliphatic rings. The molecule has 0 radical (unpaired) electrons. The summed E-state index contributed by atoms with van der Waals surface area (Å²) in [5.74, 6) is 1.49. The fourth-order valence-corrected chi connectivity index (χ4v) is 5.18. The number of carbonyl (C=O) groups is 2. The Labute approximate surface area is 207 Å². The van der Waals surface area contributed by atoms with Gasteiger partial charge in [-0.15, -0.1) is 0 Å². The highest BCUT2D eigenvalue weighted by Gasteiger charge is 2.36. The van der Waals surface area contributed by atoms with E-state index in [2.05, 4.69) is 0 Å². The number of carbonyl (C=O) groups excluding carboxylic acids is 2. The lowest BCUT2D eigenvalue weighted by Gasteiger charge is -2.40. The Morgan fingerprint density at radius 1 is 1.09 bits per heavy atom. The molecular formula is C28H36N2O5. The van der Waals surface area contributed by atoms with E-state index in [1.165, 1.54) is 0 Å². The largest absolute Gasteiger partial charge is 0.493 e. The van der Waals surface area contributed by atoms with E-state index < -0.39 is 5.60 Å². The smallest absolute Gasteiger partial charge is 0.231 e. The minimum atomic E-state index is -1.00. The number of fused-ring (bicyclic) bond motifs is 1. The third kappa shape index (κ3) is 5.15. The van der Waals surface area contributed by atoms with Gasteiger partial charge in [-0.3, -0.25) is 9.59 Å². The zero-order valence-corrected chi connectivity index (χ0v) is 21.3. The number of hydrogen-bond acceptors (Lipinski definition) is 5. The molecule has 1 unspecified atom stereocenters. The van der Waals surface area contributed by atoms with Crippen LogP contribution in [0.3, 0.4) is 0 Å². The van der Waals surface area contributed by atoms with Crippen molar-refractivity contribution in [1.29, 1.82) is 0 Å². The SMILES string of the molecule is COc1cc2c(cc1OC(C)C)CN(c1ccc(C(C)(O)C3CCN(C(C)=O)CC3)cc1)C(=O)C2. The first-order valence-electron chi connectivity index (χ1n) is 12.4. The molecule has 0 bridgehead atoms. The summed E-state index contributed by atoms with van der Waals surface area (Å²) in [4.78, 5) is 28.3. The fourth-order valence-electron chi connectivity index (χ4n) is 5.18. The van der Waals surface area contributed by atoms with Crippen LogP contribution in [0, 0.1) is 5.92 Å². The van der Waals surface area contributed by atoms with E-state index in [0.717, 1.165) is 35.2 Å². The Bertz CT molecular complexity index is 1090. The zero-order valence-electron chi connectivity index (χ0n) is 21.3. The first kappa shape index (κ1) is 25.0. The minimum Gasteiger partial charge on any atom is -0.493 e. The number of benzene rings is 2.